The molecule has 0 radical (unpaired) electrons. The molecule has 14 heavy (non-hydrogen) atoms. The lowest BCUT2D eigenvalue weighted by molar-refractivity contribution is 0.117. The van der Waals surface area contributed by atoms with Crippen LogP contribution in [0.5, 0.6) is 0 Å². The second-order valence-electron chi connectivity index (χ2n) is 4.72. The van der Waals surface area contributed by atoms with Crippen molar-refractivity contribution >= 4 is 0 Å². The Kier molecular flexibility index (Phi) is 3.93. The van der Waals surface area contributed by atoms with Crippen molar-refractivity contribution in [3.63, 3.8) is 0 Å². The first-order chi connectivity index (χ1) is 6.45. The van der Waals surface area contributed by atoms with Gasteiger partial charge in [-0.3, -0.25) is 9.80 Å². The van der Waals surface area contributed by atoms with E-state index in [0.717, 1.165) is 12.8 Å². The van der Waals surface area contributed by atoms with Gasteiger partial charge in [0.25, 0.3) is 0 Å². The minimum Gasteiger partial charge on any atom is -0.393 e. The molecule has 0 aromatic rings. The molecule has 0 amide bonds. The van der Waals surface area contributed by atoms with Crippen LogP contribution in [0, 0.1) is 0 Å². The van der Waals surface area contributed by atoms with Gasteiger partial charge in [-0.1, -0.05) is 0 Å². The molecule has 84 valence electrons. The van der Waals surface area contributed by atoms with E-state index in [1.54, 1.807) is 0 Å². The lowest BCUT2D eigenvalue weighted by atomic mass is 10.2. The van der Waals surface area contributed by atoms with Crippen molar-refractivity contribution in [2.75, 3.05) is 14.1 Å². The summed E-state index contributed by atoms with van der Waals surface area (Å²) in [7, 11) is 4.36. The van der Waals surface area contributed by atoms with Crippen LogP contribution in [0.15, 0.2) is 0 Å². The van der Waals surface area contributed by atoms with Crippen LogP contribution in [-0.2, 0) is 0 Å². The SMILES string of the molecule is CC(O)CCC1N(C)C(C)C(C)N1C. The third-order valence-corrected chi connectivity index (χ3v) is 3.77. The molecule has 3 nitrogen and oxygen atoms in total. The van der Waals surface area contributed by atoms with Gasteiger partial charge in [0.1, 0.15) is 0 Å². The lowest BCUT2D eigenvalue weighted by Crippen LogP contribution is -2.36. The number of hydrogen-bond donors (Lipinski definition) is 1. The molecule has 1 aliphatic heterocycles. The highest BCUT2D eigenvalue weighted by Gasteiger charge is 2.37. The van der Waals surface area contributed by atoms with E-state index < -0.39 is 0 Å². The maximum Gasteiger partial charge on any atom is 0.0624 e. The second-order valence-corrected chi connectivity index (χ2v) is 4.72. The molecule has 1 saturated heterocycles. The van der Waals surface area contributed by atoms with Crippen LogP contribution in [0.25, 0.3) is 0 Å². The topological polar surface area (TPSA) is 26.7 Å². The van der Waals surface area contributed by atoms with E-state index in [0.29, 0.717) is 18.2 Å². The largest absolute Gasteiger partial charge is 0.393 e. The number of aliphatic hydroxyl groups is 1. The van der Waals surface area contributed by atoms with Gasteiger partial charge in [0.05, 0.1) is 12.3 Å². The molecular formula is C11H24N2O. The third kappa shape index (κ3) is 2.27. The van der Waals surface area contributed by atoms with Gasteiger partial charge < -0.3 is 5.11 Å². The van der Waals surface area contributed by atoms with E-state index in [4.69, 9.17) is 0 Å². The van der Waals surface area contributed by atoms with Crippen molar-refractivity contribution in [2.45, 2.75) is 58.0 Å². The first-order valence-corrected chi connectivity index (χ1v) is 5.57. The summed E-state index contributed by atoms with van der Waals surface area (Å²) >= 11 is 0. The van der Waals surface area contributed by atoms with Gasteiger partial charge in [-0.25, -0.2) is 0 Å². The highest BCUT2D eigenvalue weighted by atomic mass is 16.3. The van der Waals surface area contributed by atoms with Gasteiger partial charge >= 0.3 is 0 Å². The molecule has 3 atom stereocenters. The van der Waals surface area contributed by atoms with Crippen molar-refractivity contribution in [3.8, 4) is 0 Å². The molecule has 1 heterocycles. The molecule has 0 aliphatic carbocycles. The minimum atomic E-state index is -0.178. The molecule has 1 aliphatic rings. The van der Waals surface area contributed by atoms with E-state index in [9.17, 15) is 5.11 Å². The fraction of sp³-hybridized carbons (Fsp3) is 1.00. The van der Waals surface area contributed by atoms with Crippen LogP contribution >= 0.6 is 0 Å². The fourth-order valence-corrected chi connectivity index (χ4v) is 2.31. The number of aliphatic hydroxyl groups excluding tert-OH is 1. The Morgan fingerprint density at radius 2 is 1.57 bits per heavy atom. The van der Waals surface area contributed by atoms with Gasteiger partial charge in [-0.2, -0.15) is 0 Å². The lowest BCUT2D eigenvalue weighted by Gasteiger charge is -2.26. The Morgan fingerprint density at radius 3 is 1.93 bits per heavy atom. The van der Waals surface area contributed by atoms with Crippen molar-refractivity contribution in [1.29, 1.82) is 0 Å². The van der Waals surface area contributed by atoms with Gasteiger partial charge in [0.2, 0.25) is 0 Å². The van der Waals surface area contributed by atoms with Gasteiger partial charge in [0, 0.05) is 12.1 Å². The van der Waals surface area contributed by atoms with E-state index in [-0.39, 0.29) is 6.10 Å². The number of nitrogens with zero attached hydrogens (tertiary/aromatic N) is 2. The minimum absolute atomic E-state index is 0.178. The highest BCUT2D eigenvalue weighted by molar-refractivity contribution is 4.90. The second kappa shape index (κ2) is 4.60. The molecule has 0 aromatic heterocycles. The van der Waals surface area contributed by atoms with Gasteiger partial charge in [0.15, 0.2) is 0 Å². The molecule has 0 bridgehead atoms. The predicted octanol–water partition coefficient (Wildman–Crippen LogP) is 1.13. The number of hydrogen-bond acceptors (Lipinski definition) is 3. The van der Waals surface area contributed by atoms with Crippen molar-refractivity contribution < 1.29 is 5.11 Å². The van der Waals surface area contributed by atoms with Crippen molar-refractivity contribution in [3.05, 3.63) is 0 Å². The summed E-state index contributed by atoms with van der Waals surface area (Å²) in [5.74, 6) is 0. The molecule has 1 rings (SSSR count). The highest BCUT2D eigenvalue weighted by Crippen LogP contribution is 2.26. The van der Waals surface area contributed by atoms with Crippen LogP contribution < -0.4 is 0 Å². The molecule has 1 fully saturated rings. The van der Waals surface area contributed by atoms with E-state index >= 15 is 0 Å². The molecule has 3 unspecified atom stereocenters. The first-order valence-electron chi connectivity index (χ1n) is 5.57. The van der Waals surface area contributed by atoms with E-state index in [1.807, 2.05) is 6.92 Å². The summed E-state index contributed by atoms with van der Waals surface area (Å²) in [6.45, 7) is 6.40. The summed E-state index contributed by atoms with van der Waals surface area (Å²) in [6.07, 6.45) is 2.26. The maximum atomic E-state index is 9.28. The van der Waals surface area contributed by atoms with Gasteiger partial charge in [-0.05, 0) is 47.7 Å². The first kappa shape index (κ1) is 12.0. The Hall–Kier alpha value is -0.120. The number of rotatable bonds is 3. The standard InChI is InChI=1S/C11H24N2O/c1-8(14)6-7-11-12(4)9(2)10(3)13(11)5/h8-11,14H,6-7H2,1-5H3. The summed E-state index contributed by atoms with van der Waals surface area (Å²) < 4.78 is 0. The monoisotopic (exact) mass is 200 g/mol. The maximum absolute atomic E-state index is 9.28. The zero-order chi connectivity index (χ0) is 10.9. The van der Waals surface area contributed by atoms with Crippen LogP contribution in [0.4, 0.5) is 0 Å². The zero-order valence-corrected chi connectivity index (χ0v) is 10.1. The molecule has 0 spiro atoms. The summed E-state index contributed by atoms with van der Waals surface area (Å²) in [6, 6.07) is 1.22. The Labute approximate surface area is 87.7 Å². The van der Waals surface area contributed by atoms with Crippen LogP contribution in [0.2, 0.25) is 0 Å². The molecular weight excluding hydrogens is 176 g/mol. The van der Waals surface area contributed by atoms with Crippen molar-refractivity contribution in [1.82, 2.24) is 9.80 Å². The summed E-state index contributed by atoms with van der Waals surface area (Å²) in [5.41, 5.74) is 0. The molecule has 0 aromatic carbocycles. The molecule has 1 N–H and O–H groups in total. The van der Waals surface area contributed by atoms with Crippen LogP contribution in [-0.4, -0.2) is 53.4 Å². The average Bonchev–Trinajstić information content (AvgIpc) is 2.29. The zero-order valence-electron chi connectivity index (χ0n) is 10.1. The van der Waals surface area contributed by atoms with E-state index in [2.05, 4.69) is 37.7 Å². The van der Waals surface area contributed by atoms with Crippen LogP contribution in [0.1, 0.15) is 33.6 Å². The summed E-state index contributed by atoms with van der Waals surface area (Å²) in [4.78, 5) is 4.82. The smallest absolute Gasteiger partial charge is 0.0624 e. The Bertz CT molecular complexity index is 170. The Morgan fingerprint density at radius 1 is 1.14 bits per heavy atom. The Balaban J connectivity index is 2.52. The molecule has 3 heteroatoms. The quantitative estimate of drug-likeness (QED) is 0.740. The normalized spacial score (nSPS) is 37.7. The van der Waals surface area contributed by atoms with Crippen LogP contribution in [0.3, 0.4) is 0 Å². The third-order valence-electron chi connectivity index (χ3n) is 3.77. The van der Waals surface area contributed by atoms with E-state index in [1.165, 1.54) is 0 Å². The number of likely N-dealkylation sites (N-methyl/N-ethyl adjacent to an activating group) is 2. The average molecular weight is 200 g/mol. The molecule has 0 saturated carbocycles. The van der Waals surface area contributed by atoms with Crippen molar-refractivity contribution in [2.24, 2.45) is 0 Å². The summed E-state index contributed by atoms with van der Waals surface area (Å²) in [5, 5.41) is 9.28. The van der Waals surface area contributed by atoms with Gasteiger partial charge in [-0.15, -0.1) is 0 Å². The fourth-order valence-electron chi connectivity index (χ4n) is 2.31. The predicted molar refractivity (Wildman–Crippen MR) is 59.2 cm³/mol.